The van der Waals surface area contributed by atoms with Crippen molar-refractivity contribution >= 4 is 22.6 Å². The zero-order valence-electron chi connectivity index (χ0n) is 11.7. The summed E-state index contributed by atoms with van der Waals surface area (Å²) in [5, 5.41) is 0. The number of benzene rings is 1. The summed E-state index contributed by atoms with van der Waals surface area (Å²) in [4.78, 5) is 9.10. The Morgan fingerprint density at radius 2 is 2.10 bits per heavy atom. The normalized spacial score (nSPS) is 11.3. The third-order valence-corrected chi connectivity index (χ3v) is 3.71. The fourth-order valence-corrected chi connectivity index (χ4v) is 2.59. The van der Waals surface area contributed by atoms with Crippen LogP contribution in [-0.2, 0) is 20.0 Å². The van der Waals surface area contributed by atoms with E-state index in [0.717, 1.165) is 35.6 Å². The Balaban J connectivity index is 2.12. The number of aryl methyl sites for hydroxylation is 3. The van der Waals surface area contributed by atoms with Gasteiger partial charge >= 0.3 is 0 Å². The number of halogens is 1. The molecule has 2 aromatic heterocycles. The van der Waals surface area contributed by atoms with E-state index < -0.39 is 0 Å². The van der Waals surface area contributed by atoms with Crippen LogP contribution >= 0.6 is 11.6 Å². The lowest BCUT2D eigenvalue weighted by atomic mass is 10.2. The molecular formula is C15H17ClN4. The first-order valence-corrected chi connectivity index (χ1v) is 7.20. The number of rotatable bonds is 4. The average molecular weight is 289 g/mol. The van der Waals surface area contributed by atoms with Crippen molar-refractivity contribution in [3.63, 3.8) is 0 Å². The molecule has 0 atom stereocenters. The van der Waals surface area contributed by atoms with Crippen LogP contribution in [0.2, 0.25) is 0 Å². The molecular weight excluding hydrogens is 272 g/mol. The summed E-state index contributed by atoms with van der Waals surface area (Å²) in [6.07, 6.45) is 4.54. The van der Waals surface area contributed by atoms with Crippen molar-refractivity contribution in [3.05, 3.63) is 47.8 Å². The van der Waals surface area contributed by atoms with E-state index in [2.05, 4.69) is 34.7 Å². The van der Waals surface area contributed by atoms with E-state index in [4.69, 9.17) is 16.6 Å². The van der Waals surface area contributed by atoms with Gasteiger partial charge in [-0.3, -0.25) is 0 Å². The molecule has 0 fully saturated rings. The number of aromatic nitrogens is 4. The van der Waals surface area contributed by atoms with Gasteiger partial charge in [0.25, 0.3) is 0 Å². The molecule has 3 rings (SSSR count). The highest BCUT2D eigenvalue weighted by Gasteiger charge is 2.12. The SMILES string of the molecule is Cc1ccc2nc(CCCl)n(Cc3nccn3C)c2c1. The van der Waals surface area contributed by atoms with Gasteiger partial charge in [0, 0.05) is 31.7 Å². The molecule has 0 aliphatic heterocycles. The minimum absolute atomic E-state index is 0.572. The Morgan fingerprint density at radius 3 is 2.80 bits per heavy atom. The molecule has 1 aromatic carbocycles. The van der Waals surface area contributed by atoms with E-state index in [1.807, 2.05) is 24.0 Å². The Morgan fingerprint density at radius 1 is 1.25 bits per heavy atom. The minimum atomic E-state index is 0.572. The van der Waals surface area contributed by atoms with Gasteiger partial charge in [-0.05, 0) is 24.6 Å². The lowest BCUT2D eigenvalue weighted by molar-refractivity contribution is 0.682. The predicted molar refractivity (Wildman–Crippen MR) is 81.2 cm³/mol. The van der Waals surface area contributed by atoms with Crippen molar-refractivity contribution in [2.24, 2.45) is 7.05 Å². The second-order valence-corrected chi connectivity index (χ2v) is 5.38. The summed E-state index contributed by atoms with van der Waals surface area (Å²) in [5.74, 6) is 2.60. The van der Waals surface area contributed by atoms with Gasteiger partial charge in [-0.2, -0.15) is 0 Å². The summed E-state index contributed by atoms with van der Waals surface area (Å²) in [7, 11) is 2.01. The molecule has 104 valence electrons. The number of hydrogen-bond donors (Lipinski definition) is 0. The van der Waals surface area contributed by atoms with Crippen LogP contribution in [0, 0.1) is 6.92 Å². The second-order valence-electron chi connectivity index (χ2n) is 5.00. The molecule has 0 spiro atoms. The van der Waals surface area contributed by atoms with Crippen LogP contribution in [0.25, 0.3) is 11.0 Å². The molecule has 4 nitrogen and oxygen atoms in total. The molecule has 0 radical (unpaired) electrons. The van der Waals surface area contributed by atoms with Gasteiger partial charge in [0.2, 0.25) is 0 Å². The van der Waals surface area contributed by atoms with Crippen LogP contribution in [0.15, 0.2) is 30.6 Å². The summed E-state index contributed by atoms with van der Waals surface area (Å²) in [5.41, 5.74) is 3.40. The van der Waals surface area contributed by atoms with Crippen LogP contribution in [-0.4, -0.2) is 25.0 Å². The van der Waals surface area contributed by atoms with Crippen molar-refractivity contribution in [2.75, 3.05) is 5.88 Å². The van der Waals surface area contributed by atoms with E-state index in [0.29, 0.717) is 5.88 Å². The van der Waals surface area contributed by atoms with Gasteiger partial charge in [0.1, 0.15) is 11.6 Å². The van der Waals surface area contributed by atoms with E-state index in [9.17, 15) is 0 Å². The fraction of sp³-hybridized carbons (Fsp3) is 0.333. The third kappa shape index (κ3) is 2.31. The first kappa shape index (κ1) is 13.2. The second kappa shape index (κ2) is 5.29. The van der Waals surface area contributed by atoms with E-state index in [1.165, 1.54) is 5.56 Å². The Hall–Kier alpha value is -1.81. The molecule has 0 N–H and O–H groups in total. The molecule has 0 bridgehead atoms. The summed E-state index contributed by atoms with van der Waals surface area (Å²) in [6, 6.07) is 6.32. The first-order chi connectivity index (χ1) is 9.69. The minimum Gasteiger partial charge on any atom is -0.337 e. The van der Waals surface area contributed by atoms with E-state index in [-0.39, 0.29) is 0 Å². The largest absolute Gasteiger partial charge is 0.337 e. The molecule has 5 heteroatoms. The Bertz CT molecular complexity index is 741. The maximum atomic E-state index is 5.91. The molecule has 0 aliphatic carbocycles. The quantitative estimate of drug-likeness (QED) is 0.692. The fourth-order valence-electron chi connectivity index (χ4n) is 2.42. The monoisotopic (exact) mass is 288 g/mol. The van der Waals surface area contributed by atoms with Crippen molar-refractivity contribution in [1.82, 2.24) is 19.1 Å². The van der Waals surface area contributed by atoms with Crippen molar-refractivity contribution < 1.29 is 0 Å². The predicted octanol–water partition coefficient (Wildman–Crippen LogP) is 2.91. The van der Waals surface area contributed by atoms with E-state index >= 15 is 0 Å². The number of alkyl halides is 1. The van der Waals surface area contributed by atoms with Crippen LogP contribution in [0.3, 0.4) is 0 Å². The molecule has 0 unspecified atom stereocenters. The lowest BCUT2D eigenvalue weighted by Crippen LogP contribution is -2.09. The number of fused-ring (bicyclic) bond motifs is 1. The van der Waals surface area contributed by atoms with Crippen LogP contribution in [0.5, 0.6) is 0 Å². The Labute approximate surface area is 123 Å². The zero-order chi connectivity index (χ0) is 14.1. The van der Waals surface area contributed by atoms with Gasteiger partial charge in [0.15, 0.2) is 0 Å². The van der Waals surface area contributed by atoms with Gasteiger partial charge in [-0.25, -0.2) is 9.97 Å². The first-order valence-electron chi connectivity index (χ1n) is 6.67. The third-order valence-electron chi connectivity index (χ3n) is 3.52. The van der Waals surface area contributed by atoms with Crippen molar-refractivity contribution in [1.29, 1.82) is 0 Å². The highest BCUT2D eigenvalue weighted by atomic mass is 35.5. The maximum Gasteiger partial charge on any atom is 0.128 e. The molecule has 0 amide bonds. The summed E-state index contributed by atoms with van der Waals surface area (Å²) >= 11 is 5.91. The molecule has 2 heterocycles. The van der Waals surface area contributed by atoms with Crippen molar-refractivity contribution in [2.45, 2.75) is 19.9 Å². The van der Waals surface area contributed by atoms with E-state index in [1.54, 1.807) is 0 Å². The van der Waals surface area contributed by atoms with Crippen LogP contribution in [0.4, 0.5) is 0 Å². The standard InChI is InChI=1S/C15H17ClN4/c1-11-3-4-12-13(9-11)20(14(18-12)5-6-16)10-15-17-7-8-19(15)2/h3-4,7-9H,5-6,10H2,1-2H3. The lowest BCUT2D eigenvalue weighted by Gasteiger charge is -2.09. The highest BCUT2D eigenvalue weighted by Crippen LogP contribution is 2.19. The van der Waals surface area contributed by atoms with Gasteiger partial charge in [0.05, 0.1) is 17.6 Å². The molecule has 20 heavy (non-hydrogen) atoms. The smallest absolute Gasteiger partial charge is 0.128 e. The number of imidazole rings is 2. The van der Waals surface area contributed by atoms with Gasteiger partial charge < -0.3 is 9.13 Å². The number of nitrogens with zero attached hydrogens (tertiary/aromatic N) is 4. The summed E-state index contributed by atoms with van der Waals surface area (Å²) < 4.78 is 4.25. The number of hydrogen-bond acceptors (Lipinski definition) is 2. The molecule has 0 aliphatic rings. The molecule has 3 aromatic rings. The van der Waals surface area contributed by atoms with Gasteiger partial charge in [-0.1, -0.05) is 6.07 Å². The molecule has 0 saturated carbocycles. The van der Waals surface area contributed by atoms with Crippen LogP contribution < -0.4 is 0 Å². The zero-order valence-corrected chi connectivity index (χ0v) is 12.4. The molecule has 0 saturated heterocycles. The van der Waals surface area contributed by atoms with Gasteiger partial charge in [-0.15, -0.1) is 11.6 Å². The Kier molecular flexibility index (Phi) is 3.49. The summed E-state index contributed by atoms with van der Waals surface area (Å²) in [6.45, 7) is 2.81. The van der Waals surface area contributed by atoms with Crippen LogP contribution in [0.1, 0.15) is 17.2 Å². The maximum absolute atomic E-state index is 5.91. The average Bonchev–Trinajstić information content (AvgIpc) is 2.96. The topological polar surface area (TPSA) is 35.6 Å². The highest BCUT2D eigenvalue weighted by molar-refractivity contribution is 6.17. The van der Waals surface area contributed by atoms with Crippen molar-refractivity contribution in [3.8, 4) is 0 Å².